The lowest BCUT2D eigenvalue weighted by molar-refractivity contribution is 0.469. The normalized spacial score (nSPS) is 15.0. The van der Waals surface area contributed by atoms with Gasteiger partial charge in [-0.15, -0.1) is 0 Å². The largest absolute Gasteiger partial charge is 0.328 e. The molecule has 1 aromatic carbocycles. The molecule has 0 radical (unpaired) electrons. The third-order valence-corrected chi connectivity index (χ3v) is 2.55. The maximum Gasteiger partial charge on any atom is 0.126 e. The van der Waals surface area contributed by atoms with Crippen LogP contribution in [0.15, 0.2) is 18.2 Å². The van der Waals surface area contributed by atoms with Crippen molar-refractivity contribution >= 4 is 0 Å². The minimum Gasteiger partial charge on any atom is -0.328 e. The Balaban J connectivity index is 2.64. The Morgan fingerprint density at radius 3 is 2.53 bits per heavy atom. The average Bonchev–Trinajstić information content (AvgIpc) is 2.08. The van der Waals surface area contributed by atoms with E-state index < -0.39 is 0 Å². The van der Waals surface area contributed by atoms with Gasteiger partial charge < -0.3 is 5.73 Å². The van der Waals surface area contributed by atoms with Gasteiger partial charge in [0.2, 0.25) is 0 Å². The first kappa shape index (κ1) is 12.2. The highest BCUT2D eigenvalue weighted by molar-refractivity contribution is 5.23. The summed E-state index contributed by atoms with van der Waals surface area (Å²) in [7, 11) is 0. The third-order valence-electron chi connectivity index (χ3n) is 2.55. The Kier molecular flexibility index (Phi) is 4.28. The molecule has 0 bridgehead atoms. The maximum absolute atomic E-state index is 13.5. The standard InChI is InChI=1S/C13H20FN/c1-9-4-5-12(13(14)8-9)7-10(2)6-11(3)15/h4-5,8,10-11H,6-7,15H2,1-3H3. The summed E-state index contributed by atoms with van der Waals surface area (Å²) in [5.41, 5.74) is 7.48. The van der Waals surface area contributed by atoms with Gasteiger partial charge in [-0.25, -0.2) is 4.39 Å². The second kappa shape index (κ2) is 5.26. The molecule has 2 heteroatoms. The van der Waals surface area contributed by atoms with Gasteiger partial charge >= 0.3 is 0 Å². The zero-order valence-electron chi connectivity index (χ0n) is 9.76. The molecular weight excluding hydrogens is 189 g/mol. The predicted molar refractivity (Wildman–Crippen MR) is 62.3 cm³/mol. The summed E-state index contributed by atoms with van der Waals surface area (Å²) < 4.78 is 13.5. The number of rotatable bonds is 4. The van der Waals surface area contributed by atoms with Gasteiger partial charge in [0.15, 0.2) is 0 Å². The molecule has 0 spiro atoms. The van der Waals surface area contributed by atoms with E-state index in [1.165, 1.54) is 0 Å². The zero-order valence-corrected chi connectivity index (χ0v) is 9.76. The van der Waals surface area contributed by atoms with Crippen LogP contribution in [0.1, 0.15) is 31.4 Å². The molecule has 0 fully saturated rings. The van der Waals surface area contributed by atoms with Gasteiger partial charge in [-0.2, -0.15) is 0 Å². The summed E-state index contributed by atoms with van der Waals surface area (Å²) in [5.74, 6) is 0.341. The van der Waals surface area contributed by atoms with E-state index in [-0.39, 0.29) is 11.9 Å². The molecular formula is C13H20FN. The van der Waals surface area contributed by atoms with Crippen molar-refractivity contribution in [3.8, 4) is 0 Å². The molecule has 2 unspecified atom stereocenters. The molecule has 0 aromatic heterocycles. The molecule has 0 aliphatic heterocycles. The molecule has 84 valence electrons. The van der Waals surface area contributed by atoms with E-state index in [1.54, 1.807) is 6.07 Å². The smallest absolute Gasteiger partial charge is 0.126 e. The Morgan fingerprint density at radius 2 is 2.00 bits per heavy atom. The molecule has 0 aliphatic rings. The van der Waals surface area contributed by atoms with Crippen molar-refractivity contribution in [1.82, 2.24) is 0 Å². The SMILES string of the molecule is Cc1ccc(CC(C)CC(C)N)c(F)c1. The Labute approximate surface area is 91.5 Å². The molecule has 0 saturated heterocycles. The summed E-state index contributed by atoms with van der Waals surface area (Å²) in [6, 6.07) is 5.61. The molecule has 15 heavy (non-hydrogen) atoms. The van der Waals surface area contributed by atoms with Gasteiger partial charge in [-0.3, -0.25) is 0 Å². The highest BCUT2D eigenvalue weighted by Gasteiger charge is 2.09. The maximum atomic E-state index is 13.5. The Morgan fingerprint density at radius 1 is 1.33 bits per heavy atom. The van der Waals surface area contributed by atoms with Crippen LogP contribution in [-0.2, 0) is 6.42 Å². The van der Waals surface area contributed by atoms with Crippen LogP contribution in [0.5, 0.6) is 0 Å². The van der Waals surface area contributed by atoms with Crippen molar-refractivity contribution in [2.45, 2.75) is 39.7 Å². The number of aryl methyl sites for hydroxylation is 1. The molecule has 0 aliphatic carbocycles. The summed E-state index contributed by atoms with van der Waals surface area (Å²) in [6.45, 7) is 6.00. The van der Waals surface area contributed by atoms with E-state index in [2.05, 4.69) is 6.92 Å². The lowest BCUT2D eigenvalue weighted by Gasteiger charge is -2.14. The van der Waals surface area contributed by atoms with Crippen LogP contribution in [0.25, 0.3) is 0 Å². The minimum absolute atomic E-state index is 0.0912. The van der Waals surface area contributed by atoms with Crippen molar-refractivity contribution in [2.75, 3.05) is 0 Å². The number of halogens is 1. The number of nitrogens with two attached hydrogens (primary N) is 1. The zero-order chi connectivity index (χ0) is 11.4. The first-order valence-corrected chi connectivity index (χ1v) is 5.49. The second-order valence-corrected chi connectivity index (χ2v) is 4.62. The van der Waals surface area contributed by atoms with Crippen molar-refractivity contribution in [2.24, 2.45) is 11.7 Å². The quantitative estimate of drug-likeness (QED) is 0.810. The monoisotopic (exact) mass is 209 g/mol. The fourth-order valence-electron chi connectivity index (χ4n) is 1.91. The van der Waals surface area contributed by atoms with Crippen LogP contribution < -0.4 is 5.73 Å². The van der Waals surface area contributed by atoms with E-state index in [1.807, 2.05) is 26.0 Å². The highest BCUT2D eigenvalue weighted by Crippen LogP contribution is 2.17. The van der Waals surface area contributed by atoms with Gasteiger partial charge in [0, 0.05) is 6.04 Å². The Hall–Kier alpha value is -0.890. The number of benzene rings is 1. The summed E-state index contributed by atoms with van der Waals surface area (Å²) in [5, 5.41) is 0. The Bertz CT molecular complexity index is 320. The van der Waals surface area contributed by atoms with Gasteiger partial charge in [0.05, 0.1) is 0 Å². The highest BCUT2D eigenvalue weighted by atomic mass is 19.1. The molecule has 2 N–H and O–H groups in total. The van der Waals surface area contributed by atoms with Crippen LogP contribution >= 0.6 is 0 Å². The molecule has 1 rings (SSSR count). The van der Waals surface area contributed by atoms with Crippen LogP contribution in [-0.4, -0.2) is 6.04 Å². The van der Waals surface area contributed by atoms with Crippen LogP contribution in [0, 0.1) is 18.7 Å². The first-order valence-electron chi connectivity index (χ1n) is 5.49. The van der Waals surface area contributed by atoms with Crippen molar-refractivity contribution < 1.29 is 4.39 Å². The summed E-state index contributed by atoms with van der Waals surface area (Å²) in [6.07, 6.45) is 1.71. The van der Waals surface area contributed by atoms with E-state index in [4.69, 9.17) is 5.73 Å². The lowest BCUT2D eigenvalue weighted by atomic mass is 9.94. The van der Waals surface area contributed by atoms with Crippen LogP contribution in [0.2, 0.25) is 0 Å². The molecule has 0 heterocycles. The molecule has 2 atom stereocenters. The molecule has 0 saturated carbocycles. The predicted octanol–water partition coefficient (Wildman–Crippen LogP) is 3.05. The van der Waals surface area contributed by atoms with Gasteiger partial charge in [0.25, 0.3) is 0 Å². The van der Waals surface area contributed by atoms with Crippen LogP contribution in [0.4, 0.5) is 4.39 Å². The fourth-order valence-corrected chi connectivity index (χ4v) is 1.91. The van der Waals surface area contributed by atoms with Crippen molar-refractivity contribution in [1.29, 1.82) is 0 Å². The van der Waals surface area contributed by atoms with E-state index in [9.17, 15) is 4.39 Å². The number of hydrogen-bond acceptors (Lipinski definition) is 1. The van der Waals surface area contributed by atoms with Crippen LogP contribution in [0.3, 0.4) is 0 Å². The van der Waals surface area contributed by atoms with E-state index in [0.717, 1.165) is 24.0 Å². The molecule has 1 nitrogen and oxygen atoms in total. The topological polar surface area (TPSA) is 26.0 Å². The van der Waals surface area contributed by atoms with Crippen molar-refractivity contribution in [3.05, 3.63) is 35.1 Å². The van der Waals surface area contributed by atoms with Gasteiger partial charge in [-0.05, 0) is 49.8 Å². The summed E-state index contributed by atoms with van der Waals surface area (Å²) in [4.78, 5) is 0. The van der Waals surface area contributed by atoms with E-state index in [0.29, 0.717) is 5.92 Å². The molecule has 0 amide bonds. The third kappa shape index (κ3) is 4.00. The summed E-state index contributed by atoms with van der Waals surface area (Å²) >= 11 is 0. The lowest BCUT2D eigenvalue weighted by Crippen LogP contribution is -2.19. The number of hydrogen-bond donors (Lipinski definition) is 1. The van der Waals surface area contributed by atoms with Crippen molar-refractivity contribution in [3.63, 3.8) is 0 Å². The van der Waals surface area contributed by atoms with Gasteiger partial charge in [-0.1, -0.05) is 19.1 Å². The van der Waals surface area contributed by atoms with Gasteiger partial charge in [0.1, 0.15) is 5.82 Å². The first-order chi connectivity index (χ1) is 6.99. The van der Waals surface area contributed by atoms with E-state index >= 15 is 0 Å². The second-order valence-electron chi connectivity index (χ2n) is 4.62. The fraction of sp³-hybridized carbons (Fsp3) is 0.538. The minimum atomic E-state index is -0.0912. The average molecular weight is 209 g/mol. The molecule has 1 aromatic rings.